The largest absolute Gasteiger partial charge is 0.377 e. The number of hydrogen-bond acceptors (Lipinski definition) is 1. The normalized spacial score (nSPS) is 24.7. The minimum absolute atomic E-state index is 0.101. The molecule has 0 aromatic heterocycles. The Hall–Kier alpha value is -1.30. The zero-order chi connectivity index (χ0) is 15.5. The molecule has 2 atom stereocenters. The number of allylic oxidation sites excluding steroid dienone is 1. The maximum atomic E-state index is 11.2. The van der Waals surface area contributed by atoms with Crippen LogP contribution < -0.4 is 0 Å². The van der Waals surface area contributed by atoms with Crippen LogP contribution in [0.15, 0.2) is 36.9 Å². The topological polar surface area (TPSA) is 20.2 Å². The molecular weight excluding hydrogens is 272 g/mol. The van der Waals surface area contributed by atoms with E-state index in [4.69, 9.17) is 0 Å². The summed E-state index contributed by atoms with van der Waals surface area (Å²) in [6.45, 7) is 10.5. The van der Waals surface area contributed by atoms with Gasteiger partial charge in [-0.05, 0) is 36.8 Å². The molecule has 112 valence electrons. The van der Waals surface area contributed by atoms with Crippen LogP contribution in [0.5, 0.6) is 0 Å². The summed E-state index contributed by atoms with van der Waals surface area (Å²) in [7, 11) is -1.48. The summed E-state index contributed by atoms with van der Waals surface area (Å²) in [6.07, 6.45) is 5.41. The molecule has 1 aliphatic carbocycles. The fourth-order valence-corrected chi connectivity index (χ4v) is 3.57. The van der Waals surface area contributed by atoms with Crippen LogP contribution in [0, 0.1) is 11.5 Å². The molecule has 2 heteroatoms. The third kappa shape index (κ3) is 3.87. The van der Waals surface area contributed by atoms with E-state index in [1.165, 1.54) is 11.1 Å². The van der Waals surface area contributed by atoms with Crippen molar-refractivity contribution >= 4 is 8.07 Å². The third-order valence-corrected chi connectivity index (χ3v) is 4.97. The molecule has 21 heavy (non-hydrogen) atoms. The monoisotopic (exact) mass is 298 g/mol. The second kappa shape index (κ2) is 6.21. The van der Waals surface area contributed by atoms with Crippen molar-refractivity contribution in [2.75, 3.05) is 0 Å². The van der Waals surface area contributed by atoms with Crippen LogP contribution in [0.2, 0.25) is 19.6 Å². The first-order valence-electron chi connectivity index (χ1n) is 7.81. The van der Waals surface area contributed by atoms with Crippen molar-refractivity contribution < 1.29 is 5.11 Å². The molecule has 0 saturated carbocycles. The predicted molar refractivity (Wildman–Crippen MR) is 93.0 cm³/mol. The lowest BCUT2D eigenvalue weighted by Crippen LogP contribution is -2.39. The van der Waals surface area contributed by atoms with Gasteiger partial charge in [0.1, 0.15) is 13.7 Å². The van der Waals surface area contributed by atoms with Crippen molar-refractivity contribution in [2.45, 2.75) is 56.8 Å². The van der Waals surface area contributed by atoms with Gasteiger partial charge in [-0.25, -0.2) is 0 Å². The molecule has 1 aromatic rings. The average molecular weight is 299 g/mol. The lowest BCUT2D eigenvalue weighted by molar-refractivity contribution is 0.0519. The lowest BCUT2D eigenvalue weighted by atomic mass is 9.70. The summed E-state index contributed by atoms with van der Waals surface area (Å²) in [6, 6.07) is 8.49. The number of hydrogen-bond donors (Lipinski definition) is 1. The van der Waals surface area contributed by atoms with Crippen LogP contribution >= 0.6 is 0 Å². The average Bonchev–Trinajstić information content (AvgIpc) is 2.44. The molecule has 0 saturated heterocycles. The quantitative estimate of drug-likeness (QED) is 0.501. The smallest absolute Gasteiger partial charge is 0.132 e. The molecule has 0 unspecified atom stereocenters. The molecule has 0 heterocycles. The van der Waals surface area contributed by atoms with Gasteiger partial charge in [0.15, 0.2) is 0 Å². The van der Waals surface area contributed by atoms with Crippen molar-refractivity contribution in [3.8, 4) is 11.5 Å². The Morgan fingerprint density at radius 1 is 1.38 bits per heavy atom. The highest BCUT2D eigenvalue weighted by Gasteiger charge is 2.40. The van der Waals surface area contributed by atoms with Gasteiger partial charge in [0.05, 0.1) is 0 Å². The van der Waals surface area contributed by atoms with Gasteiger partial charge >= 0.3 is 0 Å². The van der Waals surface area contributed by atoms with E-state index in [1.54, 1.807) is 0 Å². The van der Waals surface area contributed by atoms with Crippen molar-refractivity contribution in [3.05, 3.63) is 48.0 Å². The molecule has 0 amide bonds. The van der Waals surface area contributed by atoms with E-state index in [-0.39, 0.29) is 5.92 Å². The highest BCUT2D eigenvalue weighted by molar-refractivity contribution is 6.83. The summed E-state index contributed by atoms with van der Waals surface area (Å²) < 4.78 is 0. The van der Waals surface area contributed by atoms with Crippen molar-refractivity contribution in [2.24, 2.45) is 0 Å². The first kappa shape index (κ1) is 16.1. The summed E-state index contributed by atoms with van der Waals surface area (Å²) in [5, 5.41) is 11.2. The highest BCUT2D eigenvalue weighted by atomic mass is 28.3. The SMILES string of the molecule is C=CCC[C@@H]1c2ccccc2CC[C@@]1(O)C#C[Si](C)(C)C. The molecule has 0 fully saturated rings. The lowest BCUT2D eigenvalue weighted by Gasteiger charge is -2.38. The van der Waals surface area contributed by atoms with Crippen LogP contribution in [0.4, 0.5) is 0 Å². The van der Waals surface area contributed by atoms with Crippen LogP contribution in [-0.2, 0) is 6.42 Å². The molecule has 2 rings (SSSR count). The van der Waals surface area contributed by atoms with E-state index >= 15 is 0 Å². The van der Waals surface area contributed by atoms with Gasteiger partial charge in [-0.15, -0.1) is 12.1 Å². The maximum absolute atomic E-state index is 11.2. The van der Waals surface area contributed by atoms with Crippen LogP contribution in [0.3, 0.4) is 0 Å². The number of benzene rings is 1. The number of fused-ring (bicyclic) bond motifs is 1. The molecule has 1 N–H and O–H groups in total. The Balaban J connectivity index is 2.40. The molecule has 0 bridgehead atoms. The van der Waals surface area contributed by atoms with E-state index in [1.807, 2.05) is 6.08 Å². The molecule has 0 aliphatic heterocycles. The number of aliphatic hydroxyl groups is 1. The van der Waals surface area contributed by atoms with Gasteiger partial charge in [-0.3, -0.25) is 0 Å². The fourth-order valence-electron chi connectivity index (χ4n) is 2.98. The predicted octanol–water partition coefficient (Wildman–Crippen LogP) is 4.29. The Morgan fingerprint density at radius 3 is 2.76 bits per heavy atom. The second-order valence-corrected chi connectivity index (χ2v) is 11.8. The van der Waals surface area contributed by atoms with Crippen LogP contribution in [0.1, 0.15) is 36.3 Å². The Bertz CT molecular complexity index is 573. The van der Waals surface area contributed by atoms with Gasteiger partial charge in [0.25, 0.3) is 0 Å². The van der Waals surface area contributed by atoms with E-state index in [0.29, 0.717) is 0 Å². The second-order valence-electron chi connectivity index (χ2n) is 7.04. The molecule has 1 nitrogen and oxygen atoms in total. The van der Waals surface area contributed by atoms with Crippen LogP contribution in [-0.4, -0.2) is 18.8 Å². The first-order chi connectivity index (χ1) is 9.86. The Labute approximate surface area is 130 Å². The minimum Gasteiger partial charge on any atom is -0.377 e. The van der Waals surface area contributed by atoms with Crippen molar-refractivity contribution in [3.63, 3.8) is 0 Å². The standard InChI is InChI=1S/C19H26OSi/c1-5-6-11-18-17-10-8-7-9-16(17)12-13-19(18,20)14-15-21(2,3)4/h5,7-10,18,20H,1,6,11-13H2,2-4H3/t18-,19-/m1/s1. The van der Waals surface area contributed by atoms with Crippen molar-refractivity contribution in [1.82, 2.24) is 0 Å². The fraction of sp³-hybridized carbons (Fsp3) is 0.474. The summed E-state index contributed by atoms with van der Waals surface area (Å²) in [5.41, 5.74) is 5.15. The van der Waals surface area contributed by atoms with Gasteiger partial charge < -0.3 is 5.11 Å². The summed E-state index contributed by atoms with van der Waals surface area (Å²) in [4.78, 5) is 0. The molecule has 1 aliphatic rings. The molecule has 0 radical (unpaired) electrons. The zero-order valence-electron chi connectivity index (χ0n) is 13.4. The summed E-state index contributed by atoms with van der Waals surface area (Å²) >= 11 is 0. The molecule has 0 spiro atoms. The van der Waals surface area contributed by atoms with E-state index < -0.39 is 13.7 Å². The number of aryl methyl sites for hydroxylation is 1. The van der Waals surface area contributed by atoms with Gasteiger partial charge in [-0.1, -0.05) is 55.9 Å². The zero-order valence-corrected chi connectivity index (χ0v) is 14.4. The first-order valence-corrected chi connectivity index (χ1v) is 11.3. The number of rotatable bonds is 3. The van der Waals surface area contributed by atoms with Crippen molar-refractivity contribution in [1.29, 1.82) is 0 Å². The highest BCUT2D eigenvalue weighted by Crippen LogP contribution is 2.41. The summed E-state index contributed by atoms with van der Waals surface area (Å²) in [5.74, 6) is 3.37. The van der Waals surface area contributed by atoms with E-state index in [2.05, 4.69) is 61.9 Å². The van der Waals surface area contributed by atoms with Gasteiger partial charge in [0, 0.05) is 5.92 Å². The Morgan fingerprint density at radius 2 is 2.10 bits per heavy atom. The van der Waals surface area contributed by atoms with E-state index in [0.717, 1.165) is 25.7 Å². The Kier molecular flexibility index (Phi) is 4.76. The van der Waals surface area contributed by atoms with Gasteiger partial charge in [-0.2, -0.15) is 0 Å². The third-order valence-electron chi connectivity index (χ3n) is 4.10. The molecule has 1 aromatic carbocycles. The van der Waals surface area contributed by atoms with E-state index in [9.17, 15) is 5.11 Å². The minimum atomic E-state index is -1.48. The maximum Gasteiger partial charge on any atom is 0.132 e. The van der Waals surface area contributed by atoms with Gasteiger partial charge in [0.2, 0.25) is 0 Å². The molecular formula is C19H26OSi. The van der Waals surface area contributed by atoms with Crippen LogP contribution in [0.25, 0.3) is 0 Å².